The van der Waals surface area contributed by atoms with Gasteiger partial charge in [-0.1, -0.05) is 11.6 Å². The van der Waals surface area contributed by atoms with Crippen molar-refractivity contribution in [1.82, 2.24) is 5.32 Å². The summed E-state index contributed by atoms with van der Waals surface area (Å²) in [6, 6.07) is 4.18. The molecule has 7 nitrogen and oxygen atoms in total. The molecule has 20 heavy (non-hydrogen) atoms. The van der Waals surface area contributed by atoms with E-state index < -0.39 is 18.1 Å². The molecule has 3 N–H and O–H groups in total. The summed E-state index contributed by atoms with van der Waals surface area (Å²) in [4.78, 5) is 22.3. The van der Waals surface area contributed by atoms with E-state index in [1.165, 1.54) is 14.2 Å². The molecule has 0 saturated carbocycles. The van der Waals surface area contributed by atoms with Gasteiger partial charge in [-0.15, -0.1) is 0 Å². The van der Waals surface area contributed by atoms with Gasteiger partial charge in [-0.2, -0.15) is 0 Å². The zero-order valence-corrected chi connectivity index (χ0v) is 11.7. The second kappa shape index (κ2) is 7.56. The van der Waals surface area contributed by atoms with E-state index in [9.17, 15) is 9.59 Å². The third-order valence-corrected chi connectivity index (χ3v) is 2.76. The molecule has 0 bridgehead atoms. The molecule has 0 spiro atoms. The molecule has 0 aliphatic carbocycles. The number of hydrogen-bond donors (Lipinski definition) is 3. The van der Waals surface area contributed by atoms with Crippen LogP contribution in [0.3, 0.4) is 0 Å². The first-order chi connectivity index (χ1) is 9.47. The Hall–Kier alpha value is -1.99. The summed E-state index contributed by atoms with van der Waals surface area (Å²) >= 11 is 5.92. The van der Waals surface area contributed by atoms with Gasteiger partial charge in [-0.05, 0) is 12.1 Å². The van der Waals surface area contributed by atoms with Crippen LogP contribution in [0.15, 0.2) is 18.2 Å². The molecule has 1 atom stereocenters. The monoisotopic (exact) mass is 302 g/mol. The van der Waals surface area contributed by atoms with Crippen molar-refractivity contribution in [3.8, 4) is 5.75 Å². The summed E-state index contributed by atoms with van der Waals surface area (Å²) in [6.07, 6.45) is -1.11. The van der Waals surface area contributed by atoms with Gasteiger partial charge in [-0.25, -0.2) is 9.59 Å². The zero-order valence-electron chi connectivity index (χ0n) is 11.0. The second-order valence-electron chi connectivity index (χ2n) is 3.74. The van der Waals surface area contributed by atoms with Crippen LogP contribution in [0.25, 0.3) is 0 Å². The lowest BCUT2D eigenvalue weighted by Crippen LogP contribution is -2.39. The number of benzene rings is 1. The van der Waals surface area contributed by atoms with Gasteiger partial charge in [0.05, 0.1) is 24.4 Å². The van der Waals surface area contributed by atoms with Crippen molar-refractivity contribution >= 4 is 29.3 Å². The average molecular weight is 303 g/mol. The molecule has 1 aromatic rings. The molecule has 1 unspecified atom stereocenters. The van der Waals surface area contributed by atoms with E-state index >= 15 is 0 Å². The van der Waals surface area contributed by atoms with Crippen LogP contribution in [0.5, 0.6) is 5.75 Å². The number of rotatable bonds is 6. The Kier molecular flexibility index (Phi) is 6.08. The van der Waals surface area contributed by atoms with Crippen LogP contribution in [0, 0.1) is 0 Å². The van der Waals surface area contributed by atoms with Crippen LogP contribution in [-0.4, -0.2) is 44.0 Å². The molecule has 1 rings (SSSR count). The molecule has 1 aromatic carbocycles. The predicted molar refractivity (Wildman–Crippen MR) is 73.5 cm³/mol. The number of hydrogen-bond acceptors (Lipinski definition) is 4. The highest BCUT2D eigenvalue weighted by molar-refractivity contribution is 6.33. The molecule has 0 radical (unpaired) electrons. The van der Waals surface area contributed by atoms with Crippen LogP contribution in [-0.2, 0) is 9.53 Å². The van der Waals surface area contributed by atoms with Gasteiger partial charge in [0, 0.05) is 13.2 Å². The Morgan fingerprint density at radius 1 is 1.40 bits per heavy atom. The van der Waals surface area contributed by atoms with E-state index in [1.807, 2.05) is 0 Å². The number of carbonyl (C=O) groups is 2. The molecular weight excluding hydrogens is 288 g/mol. The fourth-order valence-corrected chi connectivity index (χ4v) is 1.52. The number of carboxylic acids is 1. The lowest BCUT2D eigenvalue weighted by molar-refractivity contribution is -0.147. The van der Waals surface area contributed by atoms with Gasteiger partial charge in [0.15, 0.2) is 6.10 Å². The summed E-state index contributed by atoms with van der Waals surface area (Å²) in [5, 5.41) is 14.0. The number of methoxy groups -OCH3 is 2. The molecule has 2 amide bonds. The quantitative estimate of drug-likeness (QED) is 0.741. The highest BCUT2D eigenvalue weighted by Gasteiger charge is 2.17. The van der Waals surface area contributed by atoms with Gasteiger partial charge >= 0.3 is 12.0 Å². The Morgan fingerprint density at radius 2 is 2.10 bits per heavy atom. The molecule has 110 valence electrons. The van der Waals surface area contributed by atoms with Gasteiger partial charge < -0.3 is 25.2 Å². The number of urea groups is 1. The minimum Gasteiger partial charge on any atom is -0.497 e. The minimum atomic E-state index is -1.16. The summed E-state index contributed by atoms with van der Waals surface area (Å²) in [6.45, 7) is -0.167. The van der Waals surface area contributed by atoms with Crippen molar-refractivity contribution in [1.29, 1.82) is 0 Å². The summed E-state index contributed by atoms with van der Waals surface area (Å²) in [7, 11) is 2.74. The van der Waals surface area contributed by atoms with Gasteiger partial charge in [0.1, 0.15) is 5.75 Å². The average Bonchev–Trinajstić information content (AvgIpc) is 2.41. The van der Waals surface area contributed by atoms with Crippen molar-refractivity contribution in [2.75, 3.05) is 26.1 Å². The number of carbonyl (C=O) groups excluding carboxylic acids is 1. The fourth-order valence-electron chi connectivity index (χ4n) is 1.35. The maximum Gasteiger partial charge on any atom is 0.334 e. The zero-order chi connectivity index (χ0) is 15.1. The first-order valence-corrected chi connectivity index (χ1v) is 5.99. The lowest BCUT2D eigenvalue weighted by Gasteiger charge is -2.13. The SMILES string of the molecule is COc1ccc(Cl)c(NC(=O)NCC(OC)C(=O)O)c1. The van der Waals surface area contributed by atoms with Crippen molar-refractivity contribution in [3.63, 3.8) is 0 Å². The highest BCUT2D eigenvalue weighted by Crippen LogP contribution is 2.26. The first kappa shape index (κ1) is 16.1. The molecule has 0 saturated heterocycles. The number of anilines is 1. The van der Waals surface area contributed by atoms with Crippen LogP contribution < -0.4 is 15.4 Å². The van der Waals surface area contributed by atoms with E-state index in [4.69, 9.17) is 21.4 Å². The topological polar surface area (TPSA) is 96.9 Å². The number of aliphatic carboxylic acids is 1. The van der Waals surface area contributed by atoms with Gasteiger partial charge in [0.2, 0.25) is 0 Å². The summed E-state index contributed by atoms with van der Waals surface area (Å²) in [5.41, 5.74) is 0.354. The Bertz CT molecular complexity index is 495. The second-order valence-corrected chi connectivity index (χ2v) is 4.15. The number of ether oxygens (including phenoxy) is 2. The third-order valence-electron chi connectivity index (χ3n) is 2.43. The van der Waals surface area contributed by atoms with Gasteiger partial charge in [-0.3, -0.25) is 0 Å². The number of nitrogens with one attached hydrogen (secondary N) is 2. The molecule has 8 heteroatoms. The van der Waals surface area contributed by atoms with Gasteiger partial charge in [0.25, 0.3) is 0 Å². The minimum absolute atomic E-state index is 0.167. The van der Waals surface area contributed by atoms with Crippen molar-refractivity contribution in [2.24, 2.45) is 0 Å². The molecular formula is C12H15ClN2O5. The van der Waals surface area contributed by atoms with Crippen LogP contribution >= 0.6 is 11.6 Å². The van der Waals surface area contributed by atoms with E-state index in [0.29, 0.717) is 16.5 Å². The first-order valence-electron chi connectivity index (χ1n) is 5.62. The maximum absolute atomic E-state index is 11.6. The lowest BCUT2D eigenvalue weighted by atomic mass is 10.3. The number of amides is 2. The van der Waals surface area contributed by atoms with E-state index in [2.05, 4.69) is 15.4 Å². The highest BCUT2D eigenvalue weighted by atomic mass is 35.5. The van der Waals surface area contributed by atoms with E-state index in [1.54, 1.807) is 18.2 Å². The van der Waals surface area contributed by atoms with Crippen molar-refractivity contribution in [3.05, 3.63) is 23.2 Å². The van der Waals surface area contributed by atoms with Crippen LogP contribution in [0.4, 0.5) is 10.5 Å². The Labute approximate surface area is 120 Å². The smallest absolute Gasteiger partial charge is 0.334 e. The molecule has 0 heterocycles. The normalized spacial score (nSPS) is 11.6. The van der Waals surface area contributed by atoms with E-state index in [0.717, 1.165) is 0 Å². The Balaban J connectivity index is 2.60. The summed E-state index contributed by atoms with van der Waals surface area (Å²) in [5.74, 6) is -0.628. The Morgan fingerprint density at radius 3 is 2.65 bits per heavy atom. The third kappa shape index (κ3) is 4.60. The standard InChI is InChI=1S/C12H15ClN2O5/c1-19-7-3-4-8(13)9(5-7)15-12(18)14-6-10(20-2)11(16)17/h3-5,10H,6H2,1-2H3,(H,16,17)(H2,14,15,18). The maximum atomic E-state index is 11.6. The van der Waals surface area contributed by atoms with E-state index in [-0.39, 0.29) is 6.54 Å². The molecule has 0 aromatic heterocycles. The molecule has 0 aliphatic heterocycles. The van der Waals surface area contributed by atoms with Crippen LogP contribution in [0.1, 0.15) is 0 Å². The van der Waals surface area contributed by atoms with Crippen LogP contribution in [0.2, 0.25) is 5.02 Å². The number of halogens is 1. The van der Waals surface area contributed by atoms with Crippen molar-refractivity contribution in [2.45, 2.75) is 6.10 Å². The fraction of sp³-hybridized carbons (Fsp3) is 0.333. The molecule has 0 fully saturated rings. The summed E-state index contributed by atoms with van der Waals surface area (Å²) < 4.78 is 9.69. The number of carboxylic acid groups (broad SMARTS) is 1. The molecule has 0 aliphatic rings. The van der Waals surface area contributed by atoms with Crippen molar-refractivity contribution < 1.29 is 24.2 Å². The predicted octanol–water partition coefficient (Wildman–Crippen LogP) is 1.57. The largest absolute Gasteiger partial charge is 0.497 e.